The Morgan fingerprint density at radius 1 is 1.33 bits per heavy atom. The maximum Gasteiger partial charge on any atom is 0.131 e. The molecule has 0 amide bonds. The van der Waals surface area contributed by atoms with Gasteiger partial charge in [-0.1, -0.05) is 35.6 Å². The third-order valence-electron chi connectivity index (χ3n) is 2.81. The summed E-state index contributed by atoms with van der Waals surface area (Å²) in [6.45, 7) is 0.492. The largest absolute Gasteiger partial charge is 0.324 e. The zero-order valence-corrected chi connectivity index (χ0v) is 9.00. The van der Waals surface area contributed by atoms with E-state index >= 15 is 0 Å². The Labute approximate surface area is 92.0 Å². The van der Waals surface area contributed by atoms with Gasteiger partial charge in [-0.15, -0.1) is 10.2 Å². The fraction of sp³-hybridized carbons (Fsp3) is 0.273. The van der Waals surface area contributed by atoms with E-state index in [1.54, 1.807) is 11.3 Å². The van der Waals surface area contributed by atoms with Crippen LogP contribution < -0.4 is 5.73 Å². The lowest BCUT2D eigenvalue weighted by Crippen LogP contribution is -2.17. The molecule has 0 aliphatic heterocycles. The molecule has 1 unspecified atom stereocenters. The van der Waals surface area contributed by atoms with Crippen LogP contribution in [0.15, 0.2) is 24.3 Å². The molecule has 1 atom stereocenters. The number of aromatic nitrogens is 2. The molecule has 1 aromatic carbocycles. The number of nitrogens with two attached hydrogens (primary N) is 1. The standard InChI is InChI=1S/C11H11N3S/c12-6-10-13-14-11(15-10)9-5-7-3-1-2-4-8(7)9/h1-4,9H,5-6,12H2. The van der Waals surface area contributed by atoms with Crippen molar-refractivity contribution in [3.05, 3.63) is 45.4 Å². The smallest absolute Gasteiger partial charge is 0.131 e. The summed E-state index contributed by atoms with van der Waals surface area (Å²) in [6.07, 6.45) is 1.09. The van der Waals surface area contributed by atoms with Gasteiger partial charge in [0.2, 0.25) is 0 Å². The SMILES string of the molecule is NCc1nnc(C2Cc3ccccc32)s1. The van der Waals surface area contributed by atoms with Crippen LogP contribution in [0, 0.1) is 0 Å². The van der Waals surface area contributed by atoms with Gasteiger partial charge in [-0.05, 0) is 17.5 Å². The van der Waals surface area contributed by atoms with Crippen molar-refractivity contribution in [2.45, 2.75) is 18.9 Å². The highest BCUT2D eigenvalue weighted by atomic mass is 32.1. The van der Waals surface area contributed by atoms with E-state index in [-0.39, 0.29) is 0 Å². The molecule has 4 heteroatoms. The van der Waals surface area contributed by atoms with Crippen molar-refractivity contribution < 1.29 is 0 Å². The molecule has 1 aliphatic rings. The number of rotatable bonds is 2. The molecule has 2 aromatic rings. The average molecular weight is 217 g/mol. The lowest BCUT2D eigenvalue weighted by Gasteiger charge is -2.27. The van der Waals surface area contributed by atoms with Gasteiger partial charge in [-0.3, -0.25) is 0 Å². The molecule has 1 aromatic heterocycles. The number of benzene rings is 1. The molecule has 0 fully saturated rings. The zero-order chi connectivity index (χ0) is 10.3. The Kier molecular flexibility index (Phi) is 2.04. The van der Waals surface area contributed by atoms with Crippen molar-refractivity contribution >= 4 is 11.3 Å². The van der Waals surface area contributed by atoms with Crippen molar-refractivity contribution in [2.75, 3.05) is 0 Å². The summed E-state index contributed by atoms with van der Waals surface area (Å²) < 4.78 is 0. The second kappa shape index (κ2) is 3.40. The summed E-state index contributed by atoms with van der Waals surface area (Å²) in [5.74, 6) is 0.457. The summed E-state index contributed by atoms with van der Waals surface area (Å²) in [4.78, 5) is 0. The van der Waals surface area contributed by atoms with Crippen molar-refractivity contribution in [3.8, 4) is 0 Å². The van der Waals surface area contributed by atoms with E-state index in [2.05, 4.69) is 34.5 Å². The van der Waals surface area contributed by atoms with Gasteiger partial charge in [0, 0.05) is 12.5 Å². The Morgan fingerprint density at radius 3 is 2.93 bits per heavy atom. The van der Waals surface area contributed by atoms with Gasteiger partial charge in [-0.2, -0.15) is 0 Å². The highest BCUT2D eigenvalue weighted by Gasteiger charge is 2.29. The van der Waals surface area contributed by atoms with Crippen LogP contribution in [0.3, 0.4) is 0 Å². The molecular formula is C11H11N3S. The van der Waals surface area contributed by atoms with Crippen LogP contribution in [0.2, 0.25) is 0 Å². The summed E-state index contributed by atoms with van der Waals surface area (Å²) in [6, 6.07) is 8.51. The van der Waals surface area contributed by atoms with Crippen molar-refractivity contribution in [3.63, 3.8) is 0 Å². The fourth-order valence-corrected chi connectivity index (χ4v) is 2.81. The van der Waals surface area contributed by atoms with Gasteiger partial charge >= 0.3 is 0 Å². The maximum atomic E-state index is 5.53. The first-order chi connectivity index (χ1) is 7.38. The van der Waals surface area contributed by atoms with Crippen LogP contribution in [0.5, 0.6) is 0 Å². The molecule has 3 rings (SSSR count). The third-order valence-corrected chi connectivity index (χ3v) is 3.87. The Balaban J connectivity index is 1.93. The number of hydrogen-bond acceptors (Lipinski definition) is 4. The lowest BCUT2D eigenvalue weighted by atomic mass is 9.78. The number of fused-ring (bicyclic) bond motifs is 1. The summed E-state index contributed by atoms with van der Waals surface area (Å²) in [5, 5.41) is 10.3. The maximum absolute atomic E-state index is 5.53. The summed E-state index contributed by atoms with van der Waals surface area (Å²) in [5.41, 5.74) is 8.36. The van der Waals surface area contributed by atoms with Crippen LogP contribution in [0.1, 0.15) is 27.1 Å². The van der Waals surface area contributed by atoms with Gasteiger partial charge in [0.1, 0.15) is 10.0 Å². The minimum Gasteiger partial charge on any atom is -0.324 e. The van der Waals surface area contributed by atoms with E-state index in [0.717, 1.165) is 16.4 Å². The van der Waals surface area contributed by atoms with Crippen LogP contribution in [0.4, 0.5) is 0 Å². The van der Waals surface area contributed by atoms with E-state index in [1.807, 2.05) is 0 Å². The average Bonchev–Trinajstić information content (AvgIpc) is 2.68. The van der Waals surface area contributed by atoms with Crippen LogP contribution in [-0.4, -0.2) is 10.2 Å². The molecule has 3 nitrogen and oxygen atoms in total. The molecule has 2 N–H and O–H groups in total. The van der Waals surface area contributed by atoms with E-state index in [4.69, 9.17) is 5.73 Å². The quantitative estimate of drug-likeness (QED) is 0.832. The third kappa shape index (κ3) is 1.37. The lowest BCUT2D eigenvalue weighted by molar-refractivity contribution is 0.691. The first-order valence-electron chi connectivity index (χ1n) is 4.98. The molecule has 0 bridgehead atoms. The van der Waals surface area contributed by atoms with E-state index in [9.17, 15) is 0 Å². The second-order valence-corrected chi connectivity index (χ2v) is 4.79. The van der Waals surface area contributed by atoms with Crippen LogP contribution >= 0.6 is 11.3 Å². The minimum absolute atomic E-state index is 0.457. The Hall–Kier alpha value is -1.26. The predicted octanol–water partition coefficient (Wildman–Crippen LogP) is 1.68. The van der Waals surface area contributed by atoms with E-state index in [0.29, 0.717) is 12.5 Å². The monoisotopic (exact) mass is 217 g/mol. The molecule has 0 spiro atoms. The molecule has 1 aliphatic carbocycles. The van der Waals surface area contributed by atoms with Crippen molar-refractivity contribution in [1.82, 2.24) is 10.2 Å². The summed E-state index contributed by atoms with van der Waals surface area (Å²) in [7, 11) is 0. The van der Waals surface area contributed by atoms with Gasteiger partial charge < -0.3 is 5.73 Å². The molecule has 0 saturated heterocycles. The van der Waals surface area contributed by atoms with Gasteiger partial charge in [0.15, 0.2) is 0 Å². The molecular weight excluding hydrogens is 206 g/mol. The van der Waals surface area contributed by atoms with Crippen LogP contribution in [-0.2, 0) is 13.0 Å². The van der Waals surface area contributed by atoms with E-state index < -0.39 is 0 Å². The molecule has 1 heterocycles. The zero-order valence-electron chi connectivity index (χ0n) is 8.18. The highest BCUT2D eigenvalue weighted by molar-refractivity contribution is 7.11. The number of hydrogen-bond donors (Lipinski definition) is 1. The normalized spacial score (nSPS) is 18.3. The van der Waals surface area contributed by atoms with Crippen molar-refractivity contribution in [1.29, 1.82) is 0 Å². The topological polar surface area (TPSA) is 51.8 Å². The predicted molar refractivity (Wildman–Crippen MR) is 59.8 cm³/mol. The van der Waals surface area contributed by atoms with Crippen LogP contribution in [0.25, 0.3) is 0 Å². The second-order valence-electron chi connectivity index (χ2n) is 3.69. The fourth-order valence-electron chi connectivity index (χ4n) is 1.97. The summed E-state index contributed by atoms with van der Waals surface area (Å²) >= 11 is 1.63. The first-order valence-corrected chi connectivity index (χ1v) is 5.80. The Bertz CT molecular complexity index is 492. The van der Waals surface area contributed by atoms with E-state index in [1.165, 1.54) is 11.1 Å². The Morgan fingerprint density at radius 2 is 2.20 bits per heavy atom. The minimum atomic E-state index is 0.457. The number of nitrogens with zero attached hydrogens (tertiary/aromatic N) is 2. The highest BCUT2D eigenvalue weighted by Crippen LogP contribution is 2.40. The van der Waals surface area contributed by atoms with Gasteiger partial charge in [-0.25, -0.2) is 0 Å². The molecule has 76 valence electrons. The van der Waals surface area contributed by atoms with Gasteiger partial charge in [0.25, 0.3) is 0 Å². The first kappa shape index (κ1) is 9.00. The molecule has 15 heavy (non-hydrogen) atoms. The molecule has 0 saturated carbocycles. The van der Waals surface area contributed by atoms with Crippen molar-refractivity contribution in [2.24, 2.45) is 5.73 Å². The molecule has 0 radical (unpaired) electrons. The van der Waals surface area contributed by atoms with Gasteiger partial charge in [0.05, 0.1) is 0 Å².